The minimum Gasteiger partial charge on any atom is -0.280 e. The smallest absolute Gasteiger partial charge is 0.239 e. The summed E-state index contributed by atoms with van der Waals surface area (Å²) in [6.07, 6.45) is 3.66. The van der Waals surface area contributed by atoms with E-state index in [-0.39, 0.29) is 11.8 Å². The van der Waals surface area contributed by atoms with Gasteiger partial charge in [0.25, 0.3) is 0 Å². The first kappa shape index (κ1) is 18.2. The van der Waals surface area contributed by atoms with Crippen LogP contribution in [0.15, 0.2) is 54.6 Å². The Morgan fingerprint density at radius 2 is 1.59 bits per heavy atom. The molecule has 0 radical (unpaired) electrons. The fourth-order valence-corrected chi connectivity index (χ4v) is 5.15. The second-order valence-electron chi connectivity index (χ2n) is 7.46. The van der Waals surface area contributed by atoms with E-state index in [2.05, 4.69) is 0 Å². The summed E-state index contributed by atoms with van der Waals surface area (Å²) in [5, 5.41) is 0. The van der Waals surface area contributed by atoms with Crippen molar-refractivity contribution < 1.29 is 13.2 Å². The molecule has 2 aliphatic heterocycles. The molecule has 1 amide bonds. The van der Waals surface area contributed by atoms with E-state index in [0.717, 1.165) is 36.2 Å². The average molecular weight is 385 g/mol. The molecule has 0 N–H and O–H groups in total. The number of rotatable bonds is 4. The van der Waals surface area contributed by atoms with E-state index in [1.54, 1.807) is 4.31 Å². The molecule has 0 bridgehead atoms. The molecule has 27 heavy (non-hydrogen) atoms. The first-order valence-corrected chi connectivity index (χ1v) is 11.2. The highest BCUT2D eigenvalue weighted by molar-refractivity contribution is 7.88. The monoisotopic (exact) mass is 384 g/mol. The highest BCUT2D eigenvalue weighted by atomic mass is 32.2. The molecule has 1 fully saturated rings. The molecule has 0 aliphatic carbocycles. The lowest BCUT2D eigenvalue weighted by Crippen LogP contribution is -2.38. The Balaban J connectivity index is 1.55. The van der Waals surface area contributed by atoms with E-state index in [1.165, 1.54) is 6.26 Å². The Hall–Kier alpha value is -2.18. The van der Waals surface area contributed by atoms with Gasteiger partial charge in [0.2, 0.25) is 15.9 Å². The zero-order valence-corrected chi connectivity index (χ0v) is 16.2. The van der Waals surface area contributed by atoms with Gasteiger partial charge < -0.3 is 0 Å². The number of hydrogen-bond donors (Lipinski definition) is 0. The van der Waals surface area contributed by atoms with Gasteiger partial charge in [-0.2, -0.15) is 0 Å². The molecule has 6 heteroatoms. The van der Waals surface area contributed by atoms with E-state index in [0.29, 0.717) is 19.0 Å². The summed E-state index contributed by atoms with van der Waals surface area (Å²) in [5.41, 5.74) is 2.94. The molecule has 4 rings (SSSR count). The van der Waals surface area contributed by atoms with E-state index in [4.69, 9.17) is 0 Å². The van der Waals surface area contributed by atoms with Gasteiger partial charge in [-0.25, -0.2) is 12.7 Å². The topological polar surface area (TPSA) is 57.7 Å². The molecular weight excluding hydrogens is 360 g/mol. The van der Waals surface area contributed by atoms with Gasteiger partial charge in [0.05, 0.1) is 17.9 Å². The molecule has 5 nitrogen and oxygen atoms in total. The van der Waals surface area contributed by atoms with Crippen LogP contribution in [0.1, 0.15) is 30.7 Å². The van der Waals surface area contributed by atoms with Crippen LogP contribution in [0.5, 0.6) is 0 Å². The highest BCUT2D eigenvalue weighted by Gasteiger charge is 2.39. The Kier molecular flexibility index (Phi) is 4.78. The van der Waals surface area contributed by atoms with Gasteiger partial charge in [0.15, 0.2) is 0 Å². The number of nitrogens with zero attached hydrogens (tertiary/aromatic N) is 2. The number of anilines is 2. The lowest BCUT2D eigenvalue weighted by Gasteiger charge is -2.31. The molecule has 2 aliphatic rings. The zero-order chi connectivity index (χ0) is 19.0. The lowest BCUT2D eigenvalue weighted by molar-refractivity contribution is -0.119. The molecule has 1 saturated heterocycles. The number of amides is 1. The molecule has 0 saturated carbocycles. The maximum absolute atomic E-state index is 13.3. The van der Waals surface area contributed by atoms with E-state index >= 15 is 0 Å². The van der Waals surface area contributed by atoms with Crippen LogP contribution in [0.25, 0.3) is 0 Å². The van der Waals surface area contributed by atoms with Crippen LogP contribution >= 0.6 is 0 Å². The zero-order valence-electron chi connectivity index (χ0n) is 15.4. The molecule has 1 atom stereocenters. The second-order valence-corrected chi connectivity index (χ2v) is 9.44. The van der Waals surface area contributed by atoms with Crippen molar-refractivity contribution in [1.29, 1.82) is 0 Å². The highest BCUT2D eigenvalue weighted by Crippen LogP contribution is 2.45. The molecule has 0 spiro atoms. The summed E-state index contributed by atoms with van der Waals surface area (Å²) in [7, 11) is -3.12. The fraction of sp³-hybridized carbons (Fsp3) is 0.381. The maximum atomic E-state index is 13.3. The number of para-hydroxylation sites is 2. The van der Waals surface area contributed by atoms with Crippen molar-refractivity contribution in [3.05, 3.63) is 60.2 Å². The quantitative estimate of drug-likeness (QED) is 0.811. The standard InChI is InChI=1S/C21H24N2O3S/c1-27(25,26)22-13-11-16(12-14-22)15-19-18-9-5-6-10-20(18)23(21(19)24)17-7-3-2-4-8-17/h2-10,16,19H,11-15H2,1H3. The van der Waals surface area contributed by atoms with Gasteiger partial charge in [-0.15, -0.1) is 0 Å². The van der Waals surface area contributed by atoms with Crippen LogP contribution in [-0.4, -0.2) is 38.0 Å². The van der Waals surface area contributed by atoms with Gasteiger partial charge >= 0.3 is 0 Å². The summed E-state index contributed by atoms with van der Waals surface area (Å²) in [6, 6.07) is 17.8. The summed E-state index contributed by atoms with van der Waals surface area (Å²) in [6.45, 7) is 1.10. The predicted molar refractivity (Wildman–Crippen MR) is 107 cm³/mol. The average Bonchev–Trinajstić information content (AvgIpc) is 2.94. The number of piperidine rings is 1. The second kappa shape index (κ2) is 7.09. The summed E-state index contributed by atoms with van der Waals surface area (Å²) in [5.74, 6) is 0.324. The Bertz CT molecular complexity index is 935. The first-order valence-electron chi connectivity index (χ1n) is 9.38. The molecule has 2 aromatic rings. The summed E-state index contributed by atoms with van der Waals surface area (Å²) in [4.78, 5) is 15.1. The molecule has 0 aromatic heterocycles. The predicted octanol–water partition coefficient (Wildman–Crippen LogP) is 3.51. The van der Waals surface area contributed by atoms with Crippen molar-refractivity contribution >= 4 is 27.3 Å². The third kappa shape index (κ3) is 3.51. The normalized spacial score (nSPS) is 21.4. The molecule has 1 unspecified atom stereocenters. The molecule has 142 valence electrons. The van der Waals surface area contributed by atoms with E-state index in [9.17, 15) is 13.2 Å². The van der Waals surface area contributed by atoms with Crippen LogP contribution in [0, 0.1) is 5.92 Å². The largest absolute Gasteiger partial charge is 0.280 e. The number of benzene rings is 2. The third-order valence-corrected chi connectivity index (χ3v) is 7.00. The van der Waals surface area contributed by atoms with Crippen LogP contribution in [0.4, 0.5) is 11.4 Å². The minimum atomic E-state index is -3.12. The Labute approximate surface area is 160 Å². The van der Waals surface area contributed by atoms with Crippen molar-refractivity contribution in [2.24, 2.45) is 5.92 Å². The molecular formula is C21H24N2O3S. The van der Waals surface area contributed by atoms with Crippen LogP contribution in [0.2, 0.25) is 0 Å². The Morgan fingerprint density at radius 1 is 0.963 bits per heavy atom. The van der Waals surface area contributed by atoms with Crippen LogP contribution in [-0.2, 0) is 14.8 Å². The van der Waals surface area contributed by atoms with Crippen molar-refractivity contribution in [3.63, 3.8) is 0 Å². The summed E-state index contributed by atoms with van der Waals surface area (Å²) >= 11 is 0. The van der Waals surface area contributed by atoms with Crippen LogP contribution < -0.4 is 4.90 Å². The number of carbonyl (C=O) groups is 1. The number of hydrogen-bond acceptors (Lipinski definition) is 3. The van der Waals surface area contributed by atoms with E-state index in [1.807, 2.05) is 59.5 Å². The fourth-order valence-electron chi connectivity index (χ4n) is 4.27. The summed E-state index contributed by atoms with van der Waals surface area (Å²) < 4.78 is 25.0. The first-order chi connectivity index (χ1) is 12.9. The van der Waals surface area contributed by atoms with Gasteiger partial charge in [-0.05, 0) is 48.9 Å². The van der Waals surface area contributed by atoms with E-state index < -0.39 is 10.0 Å². The van der Waals surface area contributed by atoms with Crippen LogP contribution in [0.3, 0.4) is 0 Å². The lowest BCUT2D eigenvalue weighted by atomic mass is 9.85. The SMILES string of the molecule is CS(=O)(=O)N1CCC(CC2C(=O)N(c3ccccc3)c3ccccc32)CC1. The van der Waals surface area contributed by atoms with Gasteiger partial charge in [0, 0.05) is 18.8 Å². The van der Waals surface area contributed by atoms with Gasteiger partial charge in [-0.3, -0.25) is 9.69 Å². The molecule has 2 heterocycles. The van der Waals surface area contributed by atoms with Crippen molar-refractivity contribution in [1.82, 2.24) is 4.31 Å². The third-order valence-electron chi connectivity index (χ3n) is 5.70. The van der Waals surface area contributed by atoms with Crippen molar-refractivity contribution in [2.45, 2.75) is 25.2 Å². The maximum Gasteiger partial charge on any atom is 0.239 e. The number of fused-ring (bicyclic) bond motifs is 1. The van der Waals surface area contributed by atoms with Crippen molar-refractivity contribution in [2.75, 3.05) is 24.2 Å². The number of carbonyl (C=O) groups excluding carboxylic acids is 1. The van der Waals surface area contributed by atoms with Crippen molar-refractivity contribution in [3.8, 4) is 0 Å². The molecule has 2 aromatic carbocycles. The Morgan fingerprint density at radius 3 is 2.26 bits per heavy atom. The number of sulfonamides is 1. The minimum absolute atomic E-state index is 0.118. The van der Waals surface area contributed by atoms with Gasteiger partial charge in [-0.1, -0.05) is 36.4 Å². The van der Waals surface area contributed by atoms with Gasteiger partial charge in [0.1, 0.15) is 0 Å².